The van der Waals surface area contributed by atoms with Crippen LogP contribution in [0.1, 0.15) is 52.6 Å². The van der Waals surface area contributed by atoms with Gasteiger partial charge < -0.3 is 24.1 Å². The highest BCUT2D eigenvalue weighted by atomic mass is 16.7. The first kappa shape index (κ1) is 29.6. The Bertz CT molecular complexity index is 1370. The van der Waals surface area contributed by atoms with E-state index in [1.807, 2.05) is 60.7 Å². The predicted octanol–water partition coefficient (Wildman–Crippen LogP) is 4.13. The zero-order valence-corrected chi connectivity index (χ0v) is 23.8. The number of aliphatic hydroxyl groups is 1. The maximum absolute atomic E-state index is 13.6. The van der Waals surface area contributed by atoms with E-state index in [1.165, 1.54) is 0 Å². The van der Waals surface area contributed by atoms with Gasteiger partial charge in [0, 0.05) is 0 Å². The smallest absolute Gasteiger partial charge is 0.311 e. The number of amides is 2. The lowest BCUT2D eigenvalue weighted by Crippen LogP contribution is -2.66. The van der Waals surface area contributed by atoms with Gasteiger partial charge in [-0.15, -0.1) is 0 Å². The van der Waals surface area contributed by atoms with Crippen molar-refractivity contribution in [1.82, 2.24) is 4.90 Å². The highest BCUT2D eigenvalue weighted by Gasteiger charge is 2.54. The molecule has 0 unspecified atom stereocenters. The second-order valence-corrected chi connectivity index (χ2v) is 11.5. The number of fused-ring (bicyclic) bond motifs is 1. The largest absolute Gasteiger partial charge is 0.462 e. The zero-order valence-electron chi connectivity index (χ0n) is 23.8. The molecule has 2 aliphatic heterocycles. The summed E-state index contributed by atoms with van der Waals surface area (Å²) in [6, 6.07) is 24.1. The first-order valence-corrected chi connectivity index (χ1v) is 13.9. The van der Waals surface area contributed by atoms with E-state index in [0.29, 0.717) is 0 Å². The summed E-state index contributed by atoms with van der Waals surface area (Å²) in [5.74, 6) is -1.53. The van der Waals surface area contributed by atoms with Gasteiger partial charge in [0.15, 0.2) is 6.29 Å². The Morgan fingerprint density at radius 1 is 0.810 bits per heavy atom. The van der Waals surface area contributed by atoms with E-state index in [9.17, 15) is 19.5 Å². The molecule has 1 saturated heterocycles. The van der Waals surface area contributed by atoms with Crippen LogP contribution in [0.3, 0.4) is 0 Å². The second-order valence-electron chi connectivity index (χ2n) is 11.5. The van der Waals surface area contributed by atoms with Crippen LogP contribution >= 0.6 is 0 Å². The molecule has 5 rings (SSSR count). The Balaban J connectivity index is 1.49. The predicted molar refractivity (Wildman–Crippen MR) is 152 cm³/mol. The highest BCUT2D eigenvalue weighted by Crippen LogP contribution is 2.35. The number of esters is 1. The molecule has 1 fully saturated rings. The number of hydrogen-bond acceptors (Lipinski definition) is 8. The molecule has 9 nitrogen and oxygen atoms in total. The molecule has 3 aromatic rings. The van der Waals surface area contributed by atoms with Gasteiger partial charge in [0.2, 0.25) is 0 Å². The topological polar surface area (TPSA) is 112 Å². The molecule has 2 heterocycles. The van der Waals surface area contributed by atoms with Gasteiger partial charge in [0.05, 0.1) is 29.8 Å². The lowest BCUT2D eigenvalue weighted by molar-refractivity contribution is -0.291. The van der Waals surface area contributed by atoms with Crippen molar-refractivity contribution in [2.24, 2.45) is 5.41 Å². The molecular weight excluding hydrogens is 538 g/mol. The molecule has 2 aliphatic rings. The van der Waals surface area contributed by atoms with E-state index in [4.69, 9.17) is 18.9 Å². The summed E-state index contributed by atoms with van der Waals surface area (Å²) in [5, 5.41) is 11.6. The van der Waals surface area contributed by atoms with Crippen molar-refractivity contribution in [1.29, 1.82) is 0 Å². The van der Waals surface area contributed by atoms with Crippen molar-refractivity contribution in [2.45, 2.75) is 64.6 Å². The van der Waals surface area contributed by atoms with E-state index < -0.39 is 53.8 Å². The molecule has 0 radical (unpaired) electrons. The lowest BCUT2D eigenvalue weighted by Gasteiger charge is -2.46. The van der Waals surface area contributed by atoms with Crippen LogP contribution in [0.2, 0.25) is 0 Å². The minimum atomic E-state index is -1.37. The highest BCUT2D eigenvalue weighted by molar-refractivity contribution is 6.21. The average Bonchev–Trinajstić information content (AvgIpc) is 3.24. The Labute approximate surface area is 245 Å². The molecule has 42 heavy (non-hydrogen) atoms. The molecule has 3 aromatic carbocycles. The molecule has 0 aromatic heterocycles. The molecule has 0 saturated carbocycles. The normalized spacial score (nSPS) is 24.0. The Hall–Kier alpha value is -3.89. The fourth-order valence-electron chi connectivity index (χ4n) is 5.02. The number of nitrogens with zero attached hydrogens (tertiary/aromatic N) is 1. The van der Waals surface area contributed by atoms with Crippen molar-refractivity contribution in [2.75, 3.05) is 6.61 Å². The molecule has 9 heteroatoms. The van der Waals surface area contributed by atoms with Gasteiger partial charge in [-0.25, -0.2) is 0 Å². The van der Waals surface area contributed by atoms with Gasteiger partial charge in [-0.2, -0.15) is 0 Å². The van der Waals surface area contributed by atoms with Gasteiger partial charge in [-0.3, -0.25) is 19.3 Å². The quantitative estimate of drug-likeness (QED) is 0.301. The van der Waals surface area contributed by atoms with Crippen LogP contribution < -0.4 is 0 Å². The first-order valence-electron chi connectivity index (χ1n) is 13.9. The van der Waals surface area contributed by atoms with E-state index in [2.05, 4.69) is 0 Å². The van der Waals surface area contributed by atoms with E-state index in [-0.39, 0.29) is 30.9 Å². The SMILES string of the molecule is CC(C)(C)C(=O)OC[C@H]1O[C@@H](OCc2ccccc2)[C@H](N2C(=O)c3ccccc3C2=O)[C@@H](OCc2ccccc2)[C@@H]1O. The number of carbonyl (C=O) groups is 3. The Morgan fingerprint density at radius 3 is 1.83 bits per heavy atom. The maximum Gasteiger partial charge on any atom is 0.311 e. The van der Waals surface area contributed by atoms with Gasteiger partial charge in [0.25, 0.3) is 11.8 Å². The minimum absolute atomic E-state index is 0.0855. The van der Waals surface area contributed by atoms with Crippen LogP contribution in [0.25, 0.3) is 0 Å². The van der Waals surface area contributed by atoms with Gasteiger partial charge >= 0.3 is 5.97 Å². The van der Waals surface area contributed by atoms with Crippen LogP contribution in [-0.4, -0.2) is 65.0 Å². The molecule has 220 valence electrons. The zero-order chi connectivity index (χ0) is 29.9. The number of imide groups is 1. The third-order valence-corrected chi connectivity index (χ3v) is 7.30. The standard InChI is InChI=1S/C33H35NO8/c1-33(2,3)32(38)41-20-25-27(35)28(39-18-21-12-6-4-7-13-21)26(31(42-25)40-19-22-14-8-5-9-15-22)34-29(36)23-16-10-11-17-24(23)30(34)37/h4-17,25-28,31,35H,18-20H2,1-3H3/t25-,26-,27-,28-,31-/m1/s1. The summed E-state index contributed by atoms with van der Waals surface area (Å²) in [7, 11) is 0. The summed E-state index contributed by atoms with van der Waals surface area (Å²) in [4.78, 5) is 40.9. The molecule has 0 bridgehead atoms. The third kappa shape index (κ3) is 6.29. The minimum Gasteiger partial charge on any atom is -0.462 e. The number of aliphatic hydroxyl groups excluding tert-OH is 1. The summed E-state index contributed by atoms with van der Waals surface area (Å²) < 4.78 is 24.2. The van der Waals surface area contributed by atoms with Gasteiger partial charge in [-0.1, -0.05) is 72.8 Å². The monoisotopic (exact) mass is 573 g/mol. The molecule has 1 N–H and O–H groups in total. The number of ether oxygens (including phenoxy) is 4. The van der Waals surface area contributed by atoms with Crippen molar-refractivity contribution in [3.8, 4) is 0 Å². The van der Waals surface area contributed by atoms with E-state index in [1.54, 1.807) is 45.0 Å². The second kappa shape index (κ2) is 12.5. The lowest BCUT2D eigenvalue weighted by atomic mass is 9.94. The number of carbonyl (C=O) groups excluding carboxylic acids is 3. The Kier molecular flexibility index (Phi) is 8.84. The van der Waals surface area contributed by atoms with Crippen LogP contribution in [0, 0.1) is 5.41 Å². The van der Waals surface area contributed by atoms with Gasteiger partial charge in [-0.05, 0) is 44.0 Å². The van der Waals surface area contributed by atoms with Gasteiger partial charge in [0.1, 0.15) is 31.0 Å². The molecule has 2 amide bonds. The van der Waals surface area contributed by atoms with Crippen LogP contribution in [0.4, 0.5) is 0 Å². The average molecular weight is 574 g/mol. The third-order valence-electron chi connectivity index (χ3n) is 7.30. The Morgan fingerprint density at radius 2 is 1.31 bits per heavy atom. The first-order chi connectivity index (χ1) is 20.1. The van der Waals surface area contributed by atoms with Crippen molar-refractivity contribution >= 4 is 17.8 Å². The molecule has 0 aliphatic carbocycles. The van der Waals surface area contributed by atoms with Crippen LogP contribution in [0.5, 0.6) is 0 Å². The summed E-state index contributed by atoms with van der Waals surface area (Å²) >= 11 is 0. The summed E-state index contributed by atoms with van der Waals surface area (Å²) in [6.45, 7) is 5.09. The summed E-state index contributed by atoms with van der Waals surface area (Å²) in [6.07, 6.45) is -4.74. The fraction of sp³-hybridized carbons (Fsp3) is 0.364. The van der Waals surface area contributed by atoms with Crippen LogP contribution in [-0.2, 0) is 37.0 Å². The molecule has 5 atom stereocenters. The van der Waals surface area contributed by atoms with Crippen LogP contribution in [0.15, 0.2) is 84.9 Å². The van der Waals surface area contributed by atoms with E-state index in [0.717, 1.165) is 16.0 Å². The molecule has 0 spiro atoms. The summed E-state index contributed by atoms with van der Waals surface area (Å²) in [5.41, 5.74) is 1.40. The fourth-order valence-corrected chi connectivity index (χ4v) is 5.02. The van der Waals surface area contributed by atoms with Crippen molar-refractivity contribution in [3.63, 3.8) is 0 Å². The van der Waals surface area contributed by atoms with Crippen molar-refractivity contribution < 1.29 is 38.4 Å². The maximum atomic E-state index is 13.6. The van der Waals surface area contributed by atoms with E-state index >= 15 is 0 Å². The number of hydrogen-bond donors (Lipinski definition) is 1. The number of benzene rings is 3. The number of rotatable bonds is 9. The van der Waals surface area contributed by atoms with Crippen molar-refractivity contribution in [3.05, 3.63) is 107 Å². The molecular formula is C33H35NO8.